The molecule has 0 atom stereocenters. The van der Waals surface area contributed by atoms with E-state index in [4.69, 9.17) is 11.6 Å². The van der Waals surface area contributed by atoms with E-state index < -0.39 is 0 Å². The molecule has 2 fully saturated rings. The quantitative estimate of drug-likeness (QED) is 0.306. The fourth-order valence-electron chi connectivity index (χ4n) is 4.52. The predicted octanol–water partition coefficient (Wildman–Crippen LogP) is 6.32. The smallest absolute Gasteiger partial charge is 0.166 e. The summed E-state index contributed by atoms with van der Waals surface area (Å²) in [5.41, 5.74) is 3.39. The number of hydrogen-bond acceptors (Lipinski definition) is 5. The van der Waals surface area contributed by atoms with Gasteiger partial charge >= 0.3 is 0 Å². The van der Waals surface area contributed by atoms with E-state index in [2.05, 4.69) is 28.9 Å². The summed E-state index contributed by atoms with van der Waals surface area (Å²) in [5, 5.41) is 1.73. The van der Waals surface area contributed by atoms with Crippen LogP contribution in [-0.2, 0) is 0 Å². The second-order valence-corrected chi connectivity index (χ2v) is 10.3. The van der Waals surface area contributed by atoms with Gasteiger partial charge in [-0.05, 0) is 121 Å². The Morgan fingerprint density at radius 2 is 1.64 bits per heavy atom. The van der Waals surface area contributed by atoms with Crippen molar-refractivity contribution in [3.8, 4) is 0 Å². The normalized spacial score (nSPS) is 16.9. The molecule has 2 aliphatic rings. The monoisotopic (exact) mass is 507 g/mol. The first-order chi connectivity index (χ1) is 17.4. The Morgan fingerprint density at radius 3 is 2.25 bits per heavy atom. The van der Waals surface area contributed by atoms with Crippen LogP contribution in [-0.4, -0.2) is 67.1 Å². The number of Topliss-reactive ketones (excluding diaryl/α,β-unsaturated/α-hetero) is 1. The lowest BCUT2D eigenvalue weighted by Crippen LogP contribution is -2.33. The van der Waals surface area contributed by atoms with Crippen LogP contribution in [0.25, 0.3) is 10.9 Å². The first-order valence-corrected chi connectivity index (χ1v) is 13.2. The Balaban J connectivity index is 0.000000164. The second-order valence-electron chi connectivity index (χ2n) is 9.84. The highest BCUT2D eigenvalue weighted by Gasteiger charge is 2.24. The van der Waals surface area contributed by atoms with Crippen LogP contribution >= 0.6 is 11.6 Å². The molecule has 192 valence electrons. The maximum absolute atomic E-state index is 12.3. The number of nitrogens with zero attached hydrogens (tertiary/aromatic N) is 3. The van der Waals surface area contributed by atoms with Crippen molar-refractivity contribution >= 4 is 34.6 Å². The van der Waals surface area contributed by atoms with Crippen molar-refractivity contribution in [1.29, 1.82) is 0 Å². The van der Waals surface area contributed by atoms with E-state index in [0.29, 0.717) is 5.56 Å². The Morgan fingerprint density at radius 1 is 0.944 bits per heavy atom. The lowest BCUT2D eigenvalue weighted by atomic mass is 9.88. The predicted molar refractivity (Wildman–Crippen MR) is 149 cm³/mol. The van der Waals surface area contributed by atoms with Gasteiger partial charge in [0.05, 0.1) is 5.52 Å². The molecular formula is C30H38ClN3O2. The molecular weight excluding hydrogens is 470 g/mol. The number of carbonyl (C=O) groups excluding carboxylic acids is 2. The van der Waals surface area contributed by atoms with Crippen molar-refractivity contribution in [2.24, 2.45) is 5.92 Å². The molecule has 0 unspecified atom stereocenters. The van der Waals surface area contributed by atoms with Crippen LogP contribution < -0.4 is 0 Å². The molecule has 1 aromatic heterocycles. The van der Waals surface area contributed by atoms with Crippen LogP contribution in [0.2, 0.25) is 5.02 Å². The topological polar surface area (TPSA) is 53.5 Å². The number of pyridine rings is 1. The van der Waals surface area contributed by atoms with Gasteiger partial charge in [0.25, 0.3) is 0 Å². The zero-order chi connectivity index (χ0) is 25.9. The number of fused-ring (bicyclic) bond motifs is 1. The van der Waals surface area contributed by atoms with E-state index in [1.54, 1.807) is 12.3 Å². The van der Waals surface area contributed by atoms with E-state index in [0.717, 1.165) is 59.3 Å². The second kappa shape index (κ2) is 14.2. The highest BCUT2D eigenvalue weighted by atomic mass is 35.5. The first-order valence-electron chi connectivity index (χ1n) is 12.8. The summed E-state index contributed by atoms with van der Waals surface area (Å²) in [6, 6.07) is 14.8. The average molecular weight is 508 g/mol. The van der Waals surface area contributed by atoms with E-state index in [9.17, 15) is 9.59 Å². The summed E-state index contributed by atoms with van der Waals surface area (Å²) in [6.07, 6.45) is 8.79. The molecule has 5 nitrogen and oxygen atoms in total. The minimum absolute atomic E-state index is 0.187. The molecule has 0 aliphatic carbocycles. The lowest BCUT2D eigenvalue weighted by molar-refractivity contribution is 0.0856. The molecule has 2 saturated heterocycles. The van der Waals surface area contributed by atoms with Crippen LogP contribution in [0.4, 0.5) is 0 Å². The zero-order valence-corrected chi connectivity index (χ0v) is 22.5. The number of hydrogen-bond donors (Lipinski definition) is 0. The molecule has 0 amide bonds. The van der Waals surface area contributed by atoms with Gasteiger partial charge in [-0.2, -0.15) is 0 Å². The number of aromatic nitrogens is 1. The molecule has 2 aromatic carbocycles. The van der Waals surface area contributed by atoms with Crippen molar-refractivity contribution < 1.29 is 9.59 Å². The molecule has 0 spiro atoms. The Hall–Kier alpha value is -2.60. The van der Waals surface area contributed by atoms with Gasteiger partial charge in [-0.25, -0.2) is 0 Å². The van der Waals surface area contributed by atoms with Crippen molar-refractivity contribution in [3.63, 3.8) is 0 Å². The van der Waals surface area contributed by atoms with Crippen LogP contribution in [0.3, 0.4) is 0 Å². The fraction of sp³-hybridized carbons (Fsp3) is 0.433. The number of ketones is 1. The minimum atomic E-state index is 0.187. The fourth-order valence-corrected chi connectivity index (χ4v) is 4.64. The van der Waals surface area contributed by atoms with E-state index in [-0.39, 0.29) is 11.7 Å². The van der Waals surface area contributed by atoms with Crippen LogP contribution in [0.5, 0.6) is 0 Å². The summed E-state index contributed by atoms with van der Waals surface area (Å²) >= 11 is 5.97. The van der Waals surface area contributed by atoms with Gasteiger partial charge in [0.15, 0.2) is 5.78 Å². The summed E-state index contributed by atoms with van der Waals surface area (Å²) in [6.45, 7) is 6.61. The highest BCUT2D eigenvalue weighted by Crippen LogP contribution is 2.23. The number of benzene rings is 2. The number of piperidine rings is 2. The van der Waals surface area contributed by atoms with Crippen molar-refractivity contribution in [2.45, 2.75) is 39.0 Å². The molecule has 0 radical (unpaired) electrons. The first kappa shape index (κ1) is 28.0. The third kappa shape index (κ3) is 8.51. The lowest BCUT2D eigenvalue weighted by Gasteiger charge is -2.28. The third-order valence-corrected chi connectivity index (χ3v) is 7.30. The number of aryl methyl sites for hydroxylation is 1. The van der Waals surface area contributed by atoms with Gasteiger partial charge in [0.2, 0.25) is 0 Å². The minimum Gasteiger partial charge on any atom is -0.306 e. The summed E-state index contributed by atoms with van der Waals surface area (Å²) in [4.78, 5) is 31.5. The Labute approximate surface area is 220 Å². The highest BCUT2D eigenvalue weighted by molar-refractivity contribution is 6.31. The average Bonchev–Trinajstić information content (AvgIpc) is 2.91. The molecule has 3 aromatic rings. The van der Waals surface area contributed by atoms with E-state index in [1.165, 1.54) is 32.4 Å². The third-order valence-electron chi connectivity index (χ3n) is 6.87. The summed E-state index contributed by atoms with van der Waals surface area (Å²) < 4.78 is 0. The maximum Gasteiger partial charge on any atom is 0.166 e. The molecule has 3 heterocycles. The molecule has 6 heteroatoms. The SMILES string of the molecule is CN1CCCCC1.Cc1cc(C(=O)C2CCN(C)CC2)ccc1Cl.O=Cc1ccc2ncccc2c1. The van der Waals surface area contributed by atoms with E-state index in [1.807, 2.05) is 49.4 Å². The maximum atomic E-state index is 12.3. The van der Waals surface area contributed by atoms with Gasteiger partial charge < -0.3 is 9.80 Å². The molecule has 36 heavy (non-hydrogen) atoms. The molecule has 0 N–H and O–H groups in total. The number of likely N-dealkylation sites (tertiary alicyclic amines) is 2. The number of aldehydes is 1. The van der Waals surface area contributed by atoms with Gasteiger partial charge in [0.1, 0.15) is 6.29 Å². The summed E-state index contributed by atoms with van der Waals surface area (Å²) in [5.74, 6) is 0.463. The Bertz CT molecular complexity index is 1140. The number of rotatable bonds is 3. The van der Waals surface area contributed by atoms with Gasteiger partial charge in [-0.3, -0.25) is 14.6 Å². The zero-order valence-electron chi connectivity index (χ0n) is 21.8. The van der Waals surface area contributed by atoms with Crippen LogP contribution in [0, 0.1) is 12.8 Å². The number of carbonyl (C=O) groups is 2. The molecule has 5 rings (SSSR count). The Kier molecular flexibility index (Phi) is 11.1. The van der Waals surface area contributed by atoms with Gasteiger partial charge in [0, 0.05) is 33.7 Å². The van der Waals surface area contributed by atoms with Crippen LogP contribution in [0.1, 0.15) is 58.4 Å². The van der Waals surface area contributed by atoms with Crippen molar-refractivity contribution in [2.75, 3.05) is 40.3 Å². The van der Waals surface area contributed by atoms with Gasteiger partial charge in [-0.15, -0.1) is 0 Å². The standard InChI is InChI=1S/C14H18ClNO.C10H7NO.C6H13N/c1-10-9-12(3-4-13(10)15)14(17)11-5-7-16(2)8-6-11;12-7-8-3-4-10-9(6-8)2-1-5-11-10;1-7-5-3-2-4-6-7/h3-4,9,11H,5-8H2,1-2H3;1-7H;2-6H2,1H3. The van der Waals surface area contributed by atoms with Crippen LogP contribution in [0.15, 0.2) is 54.7 Å². The number of halogens is 1. The largest absolute Gasteiger partial charge is 0.306 e. The molecule has 0 bridgehead atoms. The van der Waals surface area contributed by atoms with Gasteiger partial charge in [-0.1, -0.05) is 24.1 Å². The van der Waals surface area contributed by atoms with Crippen molar-refractivity contribution in [1.82, 2.24) is 14.8 Å². The van der Waals surface area contributed by atoms with Crippen molar-refractivity contribution in [3.05, 3.63) is 76.4 Å². The molecule has 0 saturated carbocycles. The summed E-state index contributed by atoms with van der Waals surface area (Å²) in [7, 11) is 4.30. The molecule has 2 aliphatic heterocycles. The van der Waals surface area contributed by atoms with E-state index >= 15 is 0 Å².